The van der Waals surface area contributed by atoms with Gasteiger partial charge >= 0.3 is 5.97 Å². The second-order valence-electron chi connectivity index (χ2n) is 7.41. The van der Waals surface area contributed by atoms with Crippen LogP contribution in [0, 0.1) is 0 Å². The Balaban J connectivity index is 1.85. The maximum Gasteiger partial charge on any atom is 0.326 e. The van der Waals surface area contributed by atoms with Crippen LogP contribution in [0.5, 0.6) is 0 Å². The first-order valence-electron chi connectivity index (χ1n) is 10.6. The summed E-state index contributed by atoms with van der Waals surface area (Å²) in [7, 11) is 0. The van der Waals surface area contributed by atoms with Crippen LogP contribution in [0.15, 0.2) is 48.8 Å². The van der Waals surface area contributed by atoms with Crippen molar-refractivity contribution in [1.82, 2.24) is 20.2 Å². The molecular weight excluding hydrogens is 380 g/mol. The third kappa shape index (κ3) is 9.13. The number of hydrogen-bond donors (Lipinski definition) is 2. The second kappa shape index (κ2) is 13.4. The van der Waals surface area contributed by atoms with Crippen LogP contribution in [0.25, 0.3) is 0 Å². The monoisotopic (exact) mass is 412 g/mol. The zero-order valence-electron chi connectivity index (χ0n) is 17.7. The number of amides is 1. The Bertz CT molecular complexity index is 714. The summed E-state index contributed by atoms with van der Waals surface area (Å²) >= 11 is 0. The minimum atomic E-state index is -0.973. The van der Waals surface area contributed by atoms with Gasteiger partial charge in [-0.05, 0) is 56.5 Å². The van der Waals surface area contributed by atoms with Gasteiger partial charge in [0, 0.05) is 31.9 Å². The smallest absolute Gasteiger partial charge is 0.326 e. The zero-order valence-corrected chi connectivity index (χ0v) is 17.7. The second-order valence-corrected chi connectivity index (χ2v) is 7.41. The number of carboxylic acid groups (broad SMARTS) is 1. The van der Waals surface area contributed by atoms with Crippen LogP contribution >= 0.6 is 0 Å². The maximum absolute atomic E-state index is 11.9. The fourth-order valence-corrected chi connectivity index (χ4v) is 3.20. The molecule has 7 heteroatoms. The van der Waals surface area contributed by atoms with Crippen LogP contribution in [0.4, 0.5) is 0 Å². The predicted octanol–water partition coefficient (Wildman–Crippen LogP) is 3.41. The minimum absolute atomic E-state index is 0.184. The Morgan fingerprint density at radius 2 is 1.63 bits per heavy atom. The summed E-state index contributed by atoms with van der Waals surface area (Å²) < 4.78 is 0. The standard InChI is InChI=1S/C23H32N4O3/c1-2-3-13-22(28)26-21(23(29)30)12-6-9-16-27(17-19-10-4-7-14-24-19)18-20-11-5-8-15-25-20/h4-5,7-8,10-11,14-15,21H,2-3,6,9,12-13,16-18H2,1H3,(H,26,28)(H,29,30). The Hall–Kier alpha value is -2.80. The highest BCUT2D eigenvalue weighted by atomic mass is 16.4. The molecule has 0 fully saturated rings. The lowest BCUT2D eigenvalue weighted by atomic mass is 10.1. The van der Waals surface area contributed by atoms with E-state index in [0.29, 0.717) is 32.4 Å². The van der Waals surface area contributed by atoms with E-state index in [4.69, 9.17) is 0 Å². The third-order valence-electron chi connectivity index (χ3n) is 4.83. The molecule has 0 aliphatic carbocycles. The van der Waals surface area contributed by atoms with Crippen molar-refractivity contribution in [2.75, 3.05) is 6.54 Å². The molecule has 1 amide bonds. The number of aromatic nitrogens is 2. The number of nitrogens with zero attached hydrogens (tertiary/aromatic N) is 3. The van der Waals surface area contributed by atoms with E-state index >= 15 is 0 Å². The Kier molecular flexibility index (Phi) is 10.5. The molecule has 2 rings (SSSR count). The first kappa shape index (κ1) is 23.5. The number of hydrogen-bond acceptors (Lipinski definition) is 5. The molecule has 2 aromatic rings. The molecule has 30 heavy (non-hydrogen) atoms. The molecule has 0 aliphatic rings. The fraction of sp³-hybridized carbons (Fsp3) is 0.478. The van der Waals surface area contributed by atoms with Gasteiger partial charge in [0.05, 0.1) is 11.4 Å². The van der Waals surface area contributed by atoms with Crippen molar-refractivity contribution >= 4 is 11.9 Å². The van der Waals surface area contributed by atoms with E-state index in [9.17, 15) is 14.7 Å². The molecule has 0 saturated heterocycles. The number of carbonyl (C=O) groups is 2. The predicted molar refractivity (Wildman–Crippen MR) is 116 cm³/mol. The van der Waals surface area contributed by atoms with Crippen molar-refractivity contribution in [3.63, 3.8) is 0 Å². The number of nitrogens with one attached hydrogen (secondary N) is 1. The molecule has 2 aromatic heterocycles. The Morgan fingerprint density at radius 1 is 1.00 bits per heavy atom. The average Bonchev–Trinajstić information content (AvgIpc) is 2.75. The summed E-state index contributed by atoms with van der Waals surface area (Å²) in [6, 6.07) is 10.9. The van der Waals surface area contributed by atoms with E-state index in [2.05, 4.69) is 20.2 Å². The number of pyridine rings is 2. The Labute approximate surface area is 178 Å². The van der Waals surface area contributed by atoms with Gasteiger partial charge in [-0.15, -0.1) is 0 Å². The van der Waals surface area contributed by atoms with Gasteiger partial charge in [-0.2, -0.15) is 0 Å². The van der Waals surface area contributed by atoms with Crippen molar-refractivity contribution in [3.05, 3.63) is 60.2 Å². The van der Waals surface area contributed by atoms with E-state index in [1.165, 1.54) is 0 Å². The summed E-state index contributed by atoms with van der Waals surface area (Å²) in [5.41, 5.74) is 1.97. The molecular formula is C23H32N4O3. The van der Waals surface area contributed by atoms with Crippen molar-refractivity contribution in [3.8, 4) is 0 Å². The van der Waals surface area contributed by atoms with Gasteiger partial charge in [0.15, 0.2) is 0 Å². The number of carbonyl (C=O) groups excluding carboxylic acids is 1. The molecule has 1 atom stereocenters. The first-order chi connectivity index (χ1) is 14.6. The molecule has 1 unspecified atom stereocenters. The van der Waals surface area contributed by atoms with Crippen molar-refractivity contribution in [1.29, 1.82) is 0 Å². The van der Waals surface area contributed by atoms with Gasteiger partial charge in [-0.3, -0.25) is 19.7 Å². The number of carboxylic acids is 1. The summed E-state index contributed by atoms with van der Waals surface area (Å²) in [5, 5.41) is 12.1. The summed E-state index contributed by atoms with van der Waals surface area (Å²) in [6.45, 7) is 4.20. The zero-order chi connectivity index (χ0) is 21.6. The van der Waals surface area contributed by atoms with Crippen molar-refractivity contribution in [2.24, 2.45) is 0 Å². The molecule has 7 nitrogen and oxygen atoms in total. The average molecular weight is 413 g/mol. The van der Waals surface area contributed by atoms with Crippen LogP contribution < -0.4 is 5.32 Å². The highest BCUT2D eigenvalue weighted by Crippen LogP contribution is 2.10. The van der Waals surface area contributed by atoms with E-state index in [0.717, 1.165) is 37.2 Å². The van der Waals surface area contributed by atoms with Crippen LogP contribution in [0.1, 0.15) is 56.8 Å². The maximum atomic E-state index is 11.9. The molecule has 0 spiro atoms. The highest BCUT2D eigenvalue weighted by molar-refractivity contribution is 5.83. The van der Waals surface area contributed by atoms with E-state index in [1.807, 2.05) is 43.3 Å². The lowest BCUT2D eigenvalue weighted by Gasteiger charge is -2.22. The molecule has 2 heterocycles. The largest absolute Gasteiger partial charge is 0.480 e. The molecule has 0 saturated carbocycles. The minimum Gasteiger partial charge on any atom is -0.480 e. The lowest BCUT2D eigenvalue weighted by Crippen LogP contribution is -2.40. The molecule has 0 bridgehead atoms. The highest BCUT2D eigenvalue weighted by Gasteiger charge is 2.19. The van der Waals surface area contributed by atoms with Gasteiger partial charge in [0.2, 0.25) is 5.91 Å². The van der Waals surface area contributed by atoms with E-state index < -0.39 is 12.0 Å². The first-order valence-corrected chi connectivity index (χ1v) is 10.6. The van der Waals surface area contributed by atoms with Gasteiger partial charge in [-0.25, -0.2) is 4.79 Å². The fourth-order valence-electron chi connectivity index (χ4n) is 3.20. The summed E-state index contributed by atoms with van der Waals surface area (Å²) in [6.07, 6.45) is 7.60. The van der Waals surface area contributed by atoms with Crippen LogP contribution in [-0.2, 0) is 22.7 Å². The van der Waals surface area contributed by atoms with Crippen LogP contribution in [-0.4, -0.2) is 44.4 Å². The van der Waals surface area contributed by atoms with Gasteiger partial charge < -0.3 is 10.4 Å². The van der Waals surface area contributed by atoms with E-state index in [-0.39, 0.29) is 5.91 Å². The molecule has 0 aromatic carbocycles. The SMILES string of the molecule is CCCCC(=O)NC(CCCCN(Cc1ccccn1)Cc1ccccn1)C(=O)O. The third-order valence-corrected chi connectivity index (χ3v) is 4.83. The molecule has 0 aliphatic heterocycles. The molecule has 0 radical (unpaired) electrons. The molecule has 2 N–H and O–H groups in total. The Morgan fingerprint density at radius 3 is 2.13 bits per heavy atom. The molecule has 162 valence electrons. The van der Waals surface area contributed by atoms with Crippen LogP contribution in [0.3, 0.4) is 0 Å². The van der Waals surface area contributed by atoms with Crippen LogP contribution in [0.2, 0.25) is 0 Å². The van der Waals surface area contributed by atoms with Gasteiger partial charge in [0.25, 0.3) is 0 Å². The van der Waals surface area contributed by atoms with Gasteiger partial charge in [0.1, 0.15) is 6.04 Å². The van der Waals surface area contributed by atoms with Crippen molar-refractivity contribution < 1.29 is 14.7 Å². The topological polar surface area (TPSA) is 95.4 Å². The van der Waals surface area contributed by atoms with Gasteiger partial charge in [-0.1, -0.05) is 25.5 Å². The number of rotatable bonds is 14. The van der Waals surface area contributed by atoms with E-state index in [1.54, 1.807) is 12.4 Å². The lowest BCUT2D eigenvalue weighted by molar-refractivity contribution is -0.142. The summed E-state index contributed by atoms with van der Waals surface area (Å²) in [5.74, 6) is -1.16. The quantitative estimate of drug-likeness (QED) is 0.462. The number of aliphatic carboxylic acids is 1. The summed E-state index contributed by atoms with van der Waals surface area (Å²) in [4.78, 5) is 34.4. The van der Waals surface area contributed by atoms with Crippen molar-refractivity contribution in [2.45, 2.75) is 64.6 Å². The number of unbranched alkanes of at least 4 members (excludes halogenated alkanes) is 2. The normalized spacial score (nSPS) is 11.9.